The van der Waals surface area contributed by atoms with Crippen LogP contribution in [-0.4, -0.2) is 30.5 Å². The van der Waals surface area contributed by atoms with Crippen molar-refractivity contribution in [1.29, 1.82) is 0 Å². The van der Waals surface area contributed by atoms with Crippen LogP contribution < -0.4 is 10.1 Å². The van der Waals surface area contributed by atoms with Crippen LogP contribution in [0, 0.1) is 5.92 Å². The number of nitrogens with one attached hydrogen (secondary N) is 1. The monoisotopic (exact) mass is 350 g/mol. The van der Waals surface area contributed by atoms with Crippen LogP contribution >= 0.6 is 0 Å². The number of likely N-dealkylation sites (tertiary alicyclic amines) is 1. The van der Waals surface area contributed by atoms with Crippen molar-refractivity contribution in [2.75, 3.05) is 25.0 Å². The molecule has 2 aromatic carbocycles. The van der Waals surface area contributed by atoms with Gasteiger partial charge in [0, 0.05) is 24.8 Å². The fourth-order valence-corrected chi connectivity index (χ4v) is 3.32. The first-order valence-corrected chi connectivity index (χ1v) is 9.15. The second-order valence-electron chi connectivity index (χ2n) is 6.68. The lowest BCUT2D eigenvalue weighted by atomic mass is 9.96. The Balaban J connectivity index is 1.56. The van der Waals surface area contributed by atoms with Gasteiger partial charge in [-0.3, -0.25) is 9.69 Å². The number of carbonyl (C=O) groups is 1. The van der Waals surface area contributed by atoms with E-state index in [2.05, 4.69) is 41.1 Å². The van der Waals surface area contributed by atoms with E-state index < -0.39 is 0 Å². The average molecular weight is 350 g/mol. The molecule has 1 amide bonds. The zero-order valence-corrected chi connectivity index (χ0v) is 15.1. The van der Waals surface area contributed by atoms with Gasteiger partial charge in [0.15, 0.2) is 0 Å². The van der Waals surface area contributed by atoms with Gasteiger partial charge in [-0.15, -0.1) is 0 Å². The van der Waals surface area contributed by atoms with Crippen LogP contribution in [0.4, 0.5) is 5.69 Å². The van der Waals surface area contributed by atoms with E-state index in [0.29, 0.717) is 6.61 Å². The Labute approximate surface area is 155 Å². The Kier molecular flexibility index (Phi) is 6.45. The van der Waals surface area contributed by atoms with Crippen LogP contribution in [0.5, 0.6) is 5.75 Å². The van der Waals surface area contributed by atoms with E-state index in [1.165, 1.54) is 5.56 Å². The summed E-state index contributed by atoms with van der Waals surface area (Å²) in [5, 5.41) is 3.04. The number of benzene rings is 2. The molecule has 1 saturated heterocycles. The maximum atomic E-state index is 12.7. The van der Waals surface area contributed by atoms with Crippen molar-refractivity contribution in [2.45, 2.75) is 19.4 Å². The molecule has 4 heteroatoms. The van der Waals surface area contributed by atoms with Gasteiger partial charge in [0.2, 0.25) is 5.91 Å². The molecule has 0 radical (unpaired) electrons. The summed E-state index contributed by atoms with van der Waals surface area (Å²) in [6, 6.07) is 17.9. The zero-order valence-electron chi connectivity index (χ0n) is 15.1. The predicted molar refractivity (Wildman–Crippen MR) is 105 cm³/mol. The maximum absolute atomic E-state index is 12.7. The molecule has 26 heavy (non-hydrogen) atoms. The summed E-state index contributed by atoms with van der Waals surface area (Å²) in [7, 11) is 0. The highest BCUT2D eigenvalue weighted by Crippen LogP contribution is 2.22. The minimum absolute atomic E-state index is 0.0187. The minimum atomic E-state index is 0.0187. The molecule has 1 unspecified atom stereocenters. The number of rotatable bonds is 7. The Bertz CT molecular complexity index is 730. The van der Waals surface area contributed by atoms with Crippen LogP contribution in [-0.2, 0) is 11.3 Å². The van der Waals surface area contributed by atoms with Gasteiger partial charge in [0.1, 0.15) is 12.4 Å². The lowest BCUT2D eigenvalue weighted by molar-refractivity contribution is -0.121. The molecule has 1 heterocycles. The second kappa shape index (κ2) is 9.20. The summed E-state index contributed by atoms with van der Waals surface area (Å²) in [5.41, 5.74) is 2.07. The third-order valence-corrected chi connectivity index (χ3v) is 4.59. The molecule has 136 valence electrons. The number of piperidine rings is 1. The van der Waals surface area contributed by atoms with E-state index in [1.807, 2.05) is 30.3 Å². The van der Waals surface area contributed by atoms with E-state index >= 15 is 0 Å². The molecular formula is C22H26N2O2. The molecule has 2 aromatic rings. The van der Waals surface area contributed by atoms with Gasteiger partial charge in [0.25, 0.3) is 0 Å². The van der Waals surface area contributed by atoms with Gasteiger partial charge in [-0.2, -0.15) is 0 Å². The lowest BCUT2D eigenvalue weighted by Crippen LogP contribution is -2.40. The van der Waals surface area contributed by atoms with Crippen LogP contribution in [0.2, 0.25) is 0 Å². The van der Waals surface area contributed by atoms with Crippen molar-refractivity contribution in [1.82, 2.24) is 4.90 Å². The Morgan fingerprint density at radius 1 is 1.23 bits per heavy atom. The summed E-state index contributed by atoms with van der Waals surface area (Å²) in [4.78, 5) is 15.1. The summed E-state index contributed by atoms with van der Waals surface area (Å²) in [5.74, 6) is 0.839. The molecule has 1 N–H and O–H groups in total. The molecule has 1 aliphatic rings. The van der Waals surface area contributed by atoms with Crippen molar-refractivity contribution in [3.05, 3.63) is 72.8 Å². The van der Waals surface area contributed by atoms with E-state index in [9.17, 15) is 4.79 Å². The largest absolute Gasteiger partial charge is 0.489 e. The molecule has 0 aliphatic carbocycles. The molecule has 1 atom stereocenters. The number of hydrogen-bond acceptors (Lipinski definition) is 3. The Morgan fingerprint density at radius 2 is 2.08 bits per heavy atom. The van der Waals surface area contributed by atoms with E-state index in [4.69, 9.17) is 4.74 Å². The first-order valence-electron chi connectivity index (χ1n) is 9.15. The van der Waals surface area contributed by atoms with E-state index in [-0.39, 0.29) is 11.8 Å². The van der Waals surface area contributed by atoms with Crippen molar-refractivity contribution < 1.29 is 9.53 Å². The van der Waals surface area contributed by atoms with Crippen molar-refractivity contribution in [3.63, 3.8) is 0 Å². The number of ether oxygens (including phenoxy) is 1. The quantitative estimate of drug-likeness (QED) is 0.764. The number of anilines is 1. The molecule has 0 bridgehead atoms. The minimum Gasteiger partial charge on any atom is -0.489 e. The average Bonchev–Trinajstić information content (AvgIpc) is 2.68. The molecule has 0 saturated carbocycles. The van der Waals surface area contributed by atoms with E-state index in [1.54, 1.807) is 6.08 Å². The van der Waals surface area contributed by atoms with Crippen LogP contribution in [0.1, 0.15) is 18.4 Å². The first-order chi connectivity index (χ1) is 12.7. The summed E-state index contributed by atoms with van der Waals surface area (Å²) in [6.07, 6.45) is 3.69. The summed E-state index contributed by atoms with van der Waals surface area (Å²) < 4.78 is 5.53. The topological polar surface area (TPSA) is 41.6 Å². The van der Waals surface area contributed by atoms with Crippen molar-refractivity contribution in [3.8, 4) is 5.75 Å². The number of carbonyl (C=O) groups excluding carboxylic acids is 1. The smallest absolute Gasteiger partial charge is 0.228 e. The molecule has 0 aromatic heterocycles. The SMILES string of the molecule is C=CCOc1cccc(NC(=O)C2CCCN(Cc3ccccc3)C2)c1. The molecule has 3 rings (SSSR count). The van der Waals surface area contributed by atoms with Crippen LogP contribution in [0.25, 0.3) is 0 Å². The fraction of sp³-hybridized carbons (Fsp3) is 0.318. The van der Waals surface area contributed by atoms with Crippen LogP contribution in [0.3, 0.4) is 0 Å². The second-order valence-corrected chi connectivity index (χ2v) is 6.68. The molecular weight excluding hydrogens is 324 g/mol. The predicted octanol–water partition coefficient (Wildman–Crippen LogP) is 4.10. The zero-order chi connectivity index (χ0) is 18.2. The van der Waals surface area contributed by atoms with Crippen LogP contribution in [0.15, 0.2) is 67.3 Å². The maximum Gasteiger partial charge on any atom is 0.228 e. The Hall–Kier alpha value is -2.59. The number of amides is 1. The van der Waals surface area contributed by atoms with Gasteiger partial charge < -0.3 is 10.1 Å². The molecule has 4 nitrogen and oxygen atoms in total. The first kappa shape index (κ1) is 18.2. The highest BCUT2D eigenvalue weighted by atomic mass is 16.5. The number of hydrogen-bond donors (Lipinski definition) is 1. The van der Waals surface area contributed by atoms with Gasteiger partial charge in [-0.25, -0.2) is 0 Å². The number of nitrogens with zero attached hydrogens (tertiary/aromatic N) is 1. The van der Waals surface area contributed by atoms with Gasteiger partial charge in [-0.1, -0.05) is 49.1 Å². The van der Waals surface area contributed by atoms with E-state index in [0.717, 1.165) is 43.9 Å². The Morgan fingerprint density at radius 3 is 2.88 bits per heavy atom. The van der Waals surface area contributed by atoms with Gasteiger partial charge >= 0.3 is 0 Å². The summed E-state index contributed by atoms with van der Waals surface area (Å²) in [6.45, 7) is 6.84. The fourth-order valence-electron chi connectivity index (χ4n) is 3.32. The standard InChI is InChI=1S/C22H26N2O2/c1-2-14-26-21-12-6-11-20(15-21)23-22(25)19-10-7-13-24(17-19)16-18-8-4-3-5-9-18/h2-6,8-9,11-12,15,19H,1,7,10,13-14,16-17H2,(H,23,25). The normalized spacial score (nSPS) is 17.5. The van der Waals surface area contributed by atoms with Gasteiger partial charge in [0.05, 0.1) is 5.92 Å². The molecule has 1 fully saturated rings. The summed E-state index contributed by atoms with van der Waals surface area (Å²) >= 11 is 0. The third kappa shape index (κ3) is 5.20. The van der Waals surface area contributed by atoms with Crippen molar-refractivity contribution in [2.24, 2.45) is 5.92 Å². The van der Waals surface area contributed by atoms with Crippen molar-refractivity contribution >= 4 is 11.6 Å². The third-order valence-electron chi connectivity index (χ3n) is 4.59. The lowest BCUT2D eigenvalue weighted by Gasteiger charge is -2.32. The molecule has 1 aliphatic heterocycles. The van der Waals surface area contributed by atoms with Gasteiger partial charge in [-0.05, 0) is 37.1 Å². The molecule has 0 spiro atoms. The highest BCUT2D eigenvalue weighted by Gasteiger charge is 2.25. The highest BCUT2D eigenvalue weighted by molar-refractivity contribution is 5.92.